The van der Waals surface area contributed by atoms with Crippen molar-refractivity contribution in [1.82, 2.24) is 19.8 Å². The molecule has 3 fully saturated rings. The van der Waals surface area contributed by atoms with Crippen LogP contribution in [0.25, 0.3) is 17.2 Å². The molecule has 3 saturated carbocycles. The summed E-state index contributed by atoms with van der Waals surface area (Å²) in [4.78, 5) is 37.3. The average molecular weight is 790 g/mol. The highest BCUT2D eigenvalue weighted by Crippen LogP contribution is 2.63. The van der Waals surface area contributed by atoms with Crippen molar-refractivity contribution >= 4 is 53.1 Å². The van der Waals surface area contributed by atoms with Gasteiger partial charge in [0.2, 0.25) is 0 Å². The second-order valence-corrected chi connectivity index (χ2v) is 16.8. The molecule has 1 atom stereocenters. The van der Waals surface area contributed by atoms with Gasteiger partial charge in [0.15, 0.2) is 5.82 Å². The summed E-state index contributed by atoms with van der Waals surface area (Å²) < 4.78 is 23.2. The fraction of sp³-hybridized carbons (Fsp3) is 0.476. The molecule has 290 valence electrons. The van der Waals surface area contributed by atoms with Gasteiger partial charge in [0, 0.05) is 74.2 Å². The van der Waals surface area contributed by atoms with E-state index in [0.29, 0.717) is 69.6 Å². The predicted octanol–water partition coefficient (Wildman–Crippen LogP) is 8.24. The van der Waals surface area contributed by atoms with Gasteiger partial charge in [-0.05, 0) is 81.0 Å². The summed E-state index contributed by atoms with van der Waals surface area (Å²) >= 11 is 13.9. The second-order valence-electron chi connectivity index (χ2n) is 16.1. The highest BCUT2D eigenvalue weighted by atomic mass is 35.5. The molecule has 2 aliphatic heterocycles. The van der Waals surface area contributed by atoms with E-state index in [1.165, 1.54) is 18.9 Å². The summed E-state index contributed by atoms with van der Waals surface area (Å²) in [5.41, 5.74) is 4.55. The molecule has 2 bridgehead atoms. The van der Waals surface area contributed by atoms with Gasteiger partial charge in [-0.2, -0.15) is 0 Å². The minimum absolute atomic E-state index is 0.133. The molecule has 1 amide bonds. The van der Waals surface area contributed by atoms with Gasteiger partial charge in [0.25, 0.3) is 5.91 Å². The molecule has 0 saturated heterocycles. The number of aromatic nitrogens is 2. The number of amides is 1. The van der Waals surface area contributed by atoms with Crippen LogP contribution in [0.5, 0.6) is 0 Å². The smallest absolute Gasteiger partial charge is 0.309 e. The van der Waals surface area contributed by atoms with E-state index in [1.807, 2.05) is 23.7 Å². The minimum atomic E-state index is -0.721. The van der Waals surface area contributed by atoms with Crippen molar-refractivity contribution < 1.29 is 23.8 Å². The summed E-state index contributed by atoms with van der Waals surface area (Å²) in [6, 6.07) is 10.5. The van der Waals surface area contributed by atoms with Crippen LogP contribution in [0.1, 0.15) is 85.4 Å². The number of hydrogen-bond donors (Lipinski definition) is 3. The Labute approximate surface area is 330 Å². The van der Waals surface area contributed by atoms with Gasteiger partial charge in [0.1, 0.15) is 17.6 Å². The number of carbonyl (C=O) groups excluding carboxylic acids is 1. The monoisotopic (exact) mass is 788 g/mol. The number of carbonyl (C=O) groups is 2. The van der Waals surface area contributed by atoms with Gasteiger partial charge in [-0.1, -0.05) is 53.5 Å². The van der Waals surface area contributed by atoms with E-state index < -0.39 is 23.3 Å². The van der Waals surface area contributed by atoms with Crippen molar-refractivity contribution in [3.63, 3.8) is 0 Å². The molecule has 0 radical (unpaired) electrons. The molecular formula is C42H47Cl2FN6O4. The van der Waals surface area contributed by atoms with E-state index in [-0.39, 0.29) is 11.3 Å². The fourth-order valence-corrected chi connectivity index (χ4v) is 9.70. The van der Waals surface area contributed by atoms with Crippen LogP contribution >= 0.6 is 23.2 Å². The number of dihydropyridines is 1. The van der Waals surface area contributed by atoms with Gasteiger partial charge in [-0.3, -0.25) is 19.5 Å². The first-order valence-electron chi connectivity index (χ1n) is 19.3. The van der Waals surface area contributed by atoms with Gasteiger partial charge in [0.05, 0.1) is 34.0 Å². The van der Waals surface area contributed by atoms with E-state index in [1.54, 1.807) is 37.6 Å². The third kappa shape index (κ3) is 7.48. The molecule has 3 aromatic rings. The van der Waals surface area contributed by atoms with Crippen LogP contribution in [0.3, 0.4) is 0 Å². The molecule has 3 heterocycles. The average Bonchev–Trinajstić information content (AvgIpc) is 3.70. The number of methoxy groups -OCH3 is 1. The van der Waals surface area contributed by atoms with Crippen molar-refractivity contribution in [3.05, 3.63) is 86.4 Å². The zero-order chi connectivity index (χ0) is 38.5. The lowest BCUT2D eigenvalue weighted by Gasteiger charge is -2.32. The van der Waals surface area contributed by atoms with Crippen molar-refractivity contribution in [3.8, 4) is 11.1 Å². The zero-order valence-corrected chi connectivity index (χ0v) is 32.8. The van der Waals surface area contributed by atoms with Crippen LogP contribution in [0, 0.1) is 10.8 Å². The van der Waals surface area contributed by atoms with Crippen molar-refractivity contribution in [2.24, 2.45) is 22.9 Å². The SMILES string of the molecule is COC1=C(CNC2CC2)C=NC(/C(F)=C/c2cccc(-c3cccc(NC(=O)c4nc5c(n4C)CCN(CCC46CCC(C(=O)O)(CC4)C6)C5)c3Cl)c2Cl)C1. The highest BCUT2D eigenvalue weighted by Gasteiger charge is 2.57. The van der Waals surface area contributed by atoms with Gasteiger partial charge >= 0.3 is 5.97 Å². The molecule has 2 aromatic carbocycles. The standard InChI is InChI=1S/C42H47Cl2FN6O4/c1-50-34-11-17-51(18-16-41-12-14-42(24-41,15-13-41)40(53)54)23-33(34)48-38(50)39(52)49-31-8-4-7-29(37(31)44)28-6-3-5-25(36(28)43)19-30(45)32-20-35(55-2)26(22-47-32)21-46-27-9-10-27/h3-8,19,22,27,32,46H,9-18,20-21,23-24H2,1-2H3,(H,49,52)(H,53,54)/b30-19-. The summed E-state index contributed by atoms with van der Waals surface area (Å²) in [6.45, 7) is 3.04. The van der Waals surface area contributed by atoms with Gasteiger partial charge in [-0.25, -0.2) is 9.37 Å². The maximum Gasteiger partial charge on any atom is 0.309 e. The number of aliphatic imine (C=N–C) groups is 1. The van der Waals surface area contributed by atoms with Crippen LogP contribution in [-0.2, 0) is 29.5 Å². The highest BCUT2D eigenvalue weighted by molar-refractivity contribution is 6.39. The Morgan fingerprint density at radius 1 is 1.09 bits per heavy atom. The first kappa shape index (κ1) is 37.9. The molecule has 3 aliphatic carbocycles. The largest absolute Gasteiger partial charge is 0.501 e. The normalized spacial score (nSPS) is 25.0. The van der Waals surface area contributed by atoms with E-state index in [0.717, 1.165) is 75.0 Å². The van der Waals surface area contributed by atoms with Crippen molar-refractivity contribution in [2.75, 3.05) is 32.1 Å². The molecular weight excluding hydrogens is 742 g/mol. The lowest BCUT2D eigenvalue weighted by atomic mass is 9.80. The second kappa shape index (κ2) is 15.1. The Morgan fingerprint density at radius 3 is 2.55 bits per heavy atom. The maximum absolute atomic E-state index is 15.7. The third-order valence-electron chi connectivity index (χ3n) is 12.7. The van der Waals surface area contributed by atoms with Crippen LogP contribution in [0.2, 0.25) is 10.0 Å². The lowest BCUT2D eigenvalue weighted by Crippen LogP contribution is -2.34. The summed E-state index contributed by atoms with van der Waals surface area (Å²) in [6.07, 6.45) is 11.9. The van der Waals surface area contributed by atoms with Gasteiger partial charge in [-0.15, -0.1) is 0 Å². The molecule has 5 aliphatic rings. The molecule has 0 spiro atoms. The number of ether oxygens (including phenoxy) is 1. The lowest BCUT2D eigenvalue weighted by molar-refractivity contribution is -0.148. The molecule has 55 heavy (non-hydrogen) atoms. The number of benzene rings is 2. The number of anilines is 1. The van der Waals surface area contributed by atoms with E-state index in [2.05, 4.69) is 20.5 Å². The van der Waals surface area contributed by atoms with Crippen LogP contribution < -0.4 is 10.6 Å². The van der Waals surface area contributed by atoms with E-state index >= 15 is 4.39 Å². The first-order valence-corrected chi connectivity index (χ1v) is 20.0. The van der Waals surface area contributed by atoms with Crippen LogP contribution in [-0.4, -0.2) is 76.5 Å². The summed E-state index contributed by atoms with van der Waals surface area (Å²) in [7, 11) is 3.47. The number of rotatable bonds is 13. The predicted molar refractivity (Wildman–Crippen MR) is 213 cm³/mol. The topological polar surface area (TPSA) is 121 Å². The number of nitrogens with zero attached hydrogens (tertiary/aromatic N) is 4. The Morgan fingerprint density at radius 2 is 1.84 bits per heavy atom. The quantitative estimate of drug-likeness (QED) is 0.160. The van der Waals surface area contributed by atoms with E-state index in [4.69, 9.17) is 32.9 Å². The number of halogens is 3. The number of hydrogen-bond acceptors (Lipinski definition) is 7. The minimum Gasteiger partial charge on any atom is -0.501 e. The number of imidazole rings is 1. The maximum atomic E-state index is 15.7. The third-order valence-corrected chi connectivity index (χ3v) is 13.5. The number of fused-ring (bicyclic) bond motifs is 3. The molecule has 8 rings (SSSR count). The van der Waals surface area contributed by atoms with Crippen LogP contribution in [0.15, 0.2) is 58.5 Å². The Bertz CT molecular complexity index is 2120. The Kier molecular flexibility index (Phi) is 10.4. The molecule has 13 heteroatoms. The number of aliphatic carboxylic acids is 1. The zero-order valence-electron chi connectivity index (χ0n) is 31.3. The van der Waals surface area contributed by atoms with Crippen LogP contribution in [0.4, 0.5) is 10.1 Å². The molecule has 3 N–H and O–H groups in total. The van der Waals surface area contributed by atoms with E-state index in [9.17, 15) is 14.7 Å². The summed E-state index contributed by atoms with van der Waals surface area (Å²) in [5.74, 6) is -0.420. The van der Waals surface area contributed by atoms with Crippen molar-refractivity contribution in [1.29, 1.82) is 0 Å². The molecule has 1 unspecified atom stereocenters. The van der Waals surface area contributed by atoms with Crippen molar-refractivity contribution in [2.45, 2.75) is 82.8 Å². The van der Waals surface area contributed by atoms with Gasteiger partial charge < -0.3 is 25.0 Å². The molecule has 1 aromatic heterocycles. The Balaban J connectivity index is 0.934. The number of nitrogens with one attached hydrogen (secondary N) is 2. The Hall–Kier alpha value is -4.03. The number of carboxylic acid groups (broad SMARTS) is 1. The number of carboxylic acids is 1. The summed E-state index contributed by atoms with van der Waals surface area (Å²) in [5, 5.41) is 16.9. The molecule has 10 nitrogen and oxygen atoms in total. The first-order chi connectivity index (χ1) is 26.5. The fourth-order valence-electron chi connectivity index (χ4n) is 9.14.